The lowest BCUT2D eigenvalue weighted by Gasteiger charge is -2.06. The second-order valence-electron chi connectivity index (χ2n) is 2.76. The molecule has 1 aromatic rings. The minimum Gasteiger partial charge on any atom is -0.392 e. The molecule has 0 bridgehead atoms. The Bertz CT molecular complexity index is 399. The number of sulfonamides is 1. The van der Waals surface area contributed by atoms with E-state index in [1.54, 1.807) is 11.4 Å². The molecular formula is C7H10BrNO3S2. The number of hydrogen-bond acceptors (Lipinski definition) is 4. The highest BCUT2D eigenvalue weighted by Crippen LogP contribution is 2.27. The van der Waals surface area contributed by atoms with Gasteiger partial charge in [-0.05, 0) is 34.3 Å². The molecule has 1 aromatic heterocycles. The van der Waals surface area contributed by atoms with E-state index in [0.717, 1.165) is 11.3 Å². The monoisotopic (exact) mass is 299 g/mol. The van der Waals surface area contributed by atoms with Crippen LogP contribution in [-0.2, 0) is 10.0 Å². The molecule has 0 aliphatic rings. The molecule has 1 atom stereocenters. The molecule has 0 saturated carbocycles. The maximum atomic E-state index is 11.6. The first-order valence-corrected chi connectivity index (χ1v) is 7.00. The molecule has 2 N–H and O–H groups in total. The van der Waals surface area contributed by atoms with E-state index in [1.165, 1.54) is 6.92 Å². The Hall–Kier alpha value is 0.0500. The van der Waals surface area contributed by atoms with Crippen molar-refractivity contribution < 1.29 is 13.5 Å². The summed E-state index contributed by atoms with van der Waals surface area (Å²) in [6.07, 6.45) is -0.691. The van der Waals surface area contributed by atoms with Crippen LogP contribution >= 0.6 is 27.3 Å². The predicted octanol–water partition coefficient (Wildman–Crippen LogP) is 1.17. The zero-order chi connectivity index (χ0) is 10.8. The van der Waals surface area contributed by atoms with Gasteiger partial charge >= 0.3 is 0 Å². The summed E-state index contributed by atoms with van der Waals surface area (Å²) in [5.41, 5.74) is 0. The van der Waals surface area contributed by atoms with Crippen molar-refractivity contribution in [2.24, 2.45) is 0 Å². The van der Waals surface area contributed by atoms with Gasteiger partial charge in [-0.2, -0.15) is 0 Å². The lowest BCUT2D eigenvalue weighted by Crippen LogP contribution is -2.30. The third kappa shape index (κ3) is 3.03. The van der Waals surface area contributed by atoms with Crippen LogP contribution in [0, 0.1) is 0 Å². The first-order valence-electron chi connectivity index (χ1n) is 3.84. The van der Waals surface area contributed by atoms with Crippen LogP contribution in [0.1, 0.15) is 6.92 Å². The van der Waals surface area contributed by atoms with Crippen molar-refractivity contribution in [3.63, 3.8) is 0 Å². The van der Waals surface area contributed by atoms with Crippen molar-refractivity contribution in [1.82, 2.24) is 4.72 Å². The topological polar surface area (TPSA) is 66.4 Å². The Morgan fingerprint density at radius 1 is 1.71 bits per heavy atom. The van der Waals surface area contributed by atoms with Crippen LogP contribution in [0.25, 0.3) is 0 Å². The summed E-state index contributed by atoms with van der Waals surface area (Å²) in [6.45, 7) is 1.54. The van der Waals surface area contributed by atoms with E-state index in [1.807, 2.05) is 0 Å². The molecule has 0 aliphatic carbocycles. The minimum atomic E-state index is -3.48. The Morgan fingerprint density at radius 2 is 2.36 bits per heavy atom. The molecule has 0 radical (unpaired) electrons. The number of hydrogen-bond donors (Lipinski definition) is 2. The largest absolute Gasteiger partial charge is 0.392 e. The van der Waals surface area contributed by atoms with Gasteiger partial charge in [-0.25, -0.2) is 13.1 Å². The standard InChI is InChI=1S/C7H10BrNO3S2/c1-5(10)4-9-14(11,12)7-6(8)2-3-13-7/h2-3,5,9-10H,4H2,1H3. The molecule has 1 rings (SSSR count). The van der Waals surface area contributed by atoms with Gasteiger partial charge < -0.3 is 5.11 Å². The summed E-state index contributed by atoms with van der Waals surface area (Å²) in [5, 5.41) is 10.6. The average Bonchev–Trinajstić information content (AvgIpc) is 2.48. The Balaban J connectivity index is 2.82. The summed E-state index contributed by atoms with van der Waals surface area (Å²) in [7, 11) is -3.48. The maximum Gasteiger partial charge on any atom is 0.251 e. The number of thiophene rings is 1. The summed E-state index contributed by atoms with van der Waals surface area (Å²) >= 11 is 4.27. The second-order valence-corrected chi connectivity index (χ2v) is 6.49. The third-order valence-corrected chi connectivity index (χ3v) is 5.49. The zero-order valence-corrected chi connectivity index (χ0v) is 10.6. The van der Waals surface area contributed by atoms with Gasteiger partial charge in [-0.3, -0.25) is 0 Å². The molecule has 7 heteroatoms. The quantitative estimate of drug-likeness (QED) is 0.877. The van der Waals surface area contributed by atoms with Crippen molar-refractivity contribution in [2.75, 3.05) is 6.54 Å². The first kappa shape index (κ1) is 12.1. The van der Waals surface area contributed by atoms with Crippen LogP contribution in [-0.4, -0.2) is 26.2 Å². The second kappa shape index (κ2) is 4.71. The zero-order valence-electron chi connectivity index (χ0n) is 7.40. The van der Waals surface area contributed by atoms with Crippen LogP contribution in [0.2, 0.25) is 0 Å². The van der Waals surface area contributed by atoms with Crippen molar-refractivity contribution >= 4 is 37.3 Å². The number of halogens is 1. The van der Waals surface area contributed by atoms with Gasteiger partial charge in [-0.1, -0.05) is 0 Å². The number of nitrogens with one attached hydrogen (secondary N) is 1. The first-order chi connectivity index (χ1) is 6.43. The molecule has 14 heavy (non-hydrogen) atoms. The maximum absolute atomic E-state index is 11.6. The fourth-order valence-corrected chi connectivity index (χ4v) is 4.27. The molecule has 0 aromatic carbocycles. The van der Waals surface area contributed by atoms with Crippen molar-refractivity contribution in [1.29, 1.82) is 0 Å². The van der Waals surface area contributed by atoms with Crippen LogP contribution in [0.4, 0.5) is 0 Å². The average molecular weight is 300 g/mol. The van der Waals surface area contributed by atoms with E-state index in [9.17, 15) is 8.42 Å². The minimum absolute atomic E-state index is 0.0205. The number of aliphatic hydroxyl groups is 1. The number of rotatable bonds is 4. The predicted molar refractivity (Wildman–Crippen MR) is 58.9 cm³/mol. The fourth-order valence-electron chi connectivity index (χ4n) is 0.767. The normalized spacial score (nSPS) is 14.2. The molecule has 4 nitrogen and oxygen atoms in total. The highest BCUT2D eigenvalue weighted by molar-refractivity contribution is 9.10. The van der Waals surface area contributed by atoms with E-state index < -0.39 is 16.1 Å². The summed E-state index contributed by atoms with van der Waals surface area (Å²) < 4.78 is 26.2. The Morgan fingerprint density at radius 3 is 2.79 bits per heavy atom. The van der Waals surface area contributed by atoms with Gasteiger partial charge in [0.05, 0.1) is 6.10 Å². The summed E-state index contributed by atoms with van der Waals surface area (Å²) in [6, 6.07) is 1.67. The fraction of sp³-hybridized carbons (Fsp3) is 0.429. The highest BCUT2D eigenvalue weighted by Gasteiger charge is 2.18. The molecule has 0 spiro atoms. The van der Waals surface area contributed by atoms with E-state index in [4.69, 9.17) is 5.11 Å². The lowest BCUT2D eigenvalue weighted by atomic mass is 10.4. The van der Waals surface area contributed by atoms with Crippen LogP contribution < -0.4 is 4.72 Å². The van der Waals surface area contributed by atoms with Gasteiger partial charge in [0, 0.05) is 11.0 Å². The Kier molecular flexibility index (Phi) is 4.08. The summed E-state index contributed by atoms with van der Waals surface area (Å²) in [4.78, 5) is 0. The van der Waals surface area contributed by atoms with Gasteiger partial charge in [-0.15, -0.1) is 11.3 Å². The van der Waals surface area contributed by atoms with Gasteiger partial charge in [0.25, 0.3) is 10.0 Å². The van der Waals surface area contributed by atoms with E-state index in [-0.39, 0.29) is 10.8 Å². The van der Waals surface area contributed by atoms with Crippen LogP contribution in [0.5, 0.6) is 0 Å². The lowest BCUT2D eigenvalue weighted by molar-refractivity contribution is 0.198. The van der Waals surface area contributed by atoms with E-state index in [0.29, 0.717) is 4.47 Å². The molecule has 0 amide bonds. The van der Waals surface area contributed by atoms with Gasteiger partial charge in [0.1, 0.15) is 4.21 Å². The molecule has 0 fully saturated rings. The summed E-state index contributed by atoms with van der Waals surface area (Å²) in [5.74, 6) is 0. The molecular weight excluding hydrogens is 290 g/mol. The smallest absolute Gasteiger partial charge is 0.251 e. The molecule has 0 aliphatic heterocycles. The molecule has 1 heterocycles. The van der Waals surface area contributed by atoms with Crippen molar-refractivity contribution in [3.8, 4) is 0 Å². The molecule has 80 valence electrons. The van der Waals surface area contributed by atoms with Crippen molar-refractivity contribution in [2.45, 2.75) is 17.2 Å². The third-order valence-electron chi connectivity index (χ3n) is 1.40. The SMILES string of the molecule is CC(O)CNS(=O)(=O)c1sccc1Br. The van der Waals surface area contributed by atoms with Gasteiger partial charge in [0.2, 0.25) is 0 Å². The molecule has 1 unspecified atom stereocenters. The number of aliphatic hydroxyl groups excluding tert-OH is 1. The van der Waals surface area contributed by atoms with E-state index in [2.05, 4.69) is 20.7 Å². The molecule has 0 saturated heterocycles. The van der Waals surface area contributed by atoms with Crippen molar-refractivity contribution in [3.05, 3.63) is 15.9 Å². The highest BCUT2D eigenvalue weighted by atomic mass is 79.9. The van der Waals surface area contributed by atoms with E-state index >= 15 is 0 Å². The Labute approximate surface area is 95.1 Å². The van der Waals surface area contributed by atoms with Crippen LogP contribution in [0.15, 0.2) is 20.1 Å². The van der Waals surface area contributed by atoms with Gasteiger partial charge in [0.15, 0.2) is 0 Å². The van der Waals surface area contributed by atoms with Crippen LogP contribution in [0.3, 0.4) is 0 Å².